The number of hydrogen-bond donors (Lipinski definition) is 1. The van der Waals surface area contributed by atoms with Crippen LogP contribution in [0.1, 0.15) is 44.4 Å². The number of carbonyl (C=O) groups excluding carboxylic acids is 2. The molecule has 0 bridgehead atoms. The maximum absolute atomic E-state index is 14.0. The van der Waals surface area contributed by atoms with Crippen molar-refractivity contribution in [1.82, 2.24) is 10.2 Å². The van der Waals surface area contributed by atoms with Crippen LogP contribution >= 0.6 is 15.9 Å². The Kier molecular flexibility index (Phi) is 9.61. The summed E-state index contributed by atoms with van der Waals surface area (Å²) in [6, 6.07) is 20.0. The maximum Gasteiger partial charge on any atom is 0.264 e. The van der Waals surface area contributed by atoms with Crippen LogP contribution in [0, 0.1) is 13.8 Å². The number of aryl methyl sites for hydroxylation is 2. The Hall–Kier alpha value is -3.17. The van der Waals surface area contributed by atoms with Crippen molar-refractivity contribution in [3.05, 3.63) is 94.0 Å². The van der Waals surface area contributed by atoms with Crippen molar-refractivity contribution < 1.29 is 18.0 Å². The molecule has 0 saturated heterocycles. The first-order valence-corrected chi connectivity index (χ1v) is 14.9. The molecule has 0 aliphatic heterocycles. The van der Waals surface area contributed by atoms with E-state index in [9.17, 15) is 18.0 Å². The van der Waals surface area contributed by atoms with Gasteiger partial charge in [-0.15, -0.1) is 0 Å². The first-order valence-electron chi connectivity index (χ1n) is 12.7. The molecule has 208 valence electrons. The Bertz CT molecular complexity index is 1420. The molecule has 0 spiro atoms. The first kappa shape index (κ1) is 30.4. The van der Waals surface area contributed by atoms with Crippen molar-refractivity contribution in [3.8, 4) is 0 Å². The fraction of sp³-hybridized carbons (Fsp3) is 0.333. The minimum atomic E-state index is -4.10. The Morgan fingerprint density at radius 1 is 0.923 bits per heavy atom. The van der Waals surface area contributed by atoms with E-state index in [-0.39, 0.29) is 17.3 Å². The molecule has 3 aromatic carbocycles. The molecule has 3 aromatic rings. The van der Waals surface area contributed by atoms with E-state index >= 15 is 0 Å². The van der Waals surface area contributed by atoms with Crippen LogP contribution in [0.2, 0.25) is 0 Å². The van der Waals surface area contributed by atoms with Gasteiger partial charge in [0, 0.05) is 16.6 Å². The zero-order valence-corrected chi connectivity index (χ0v) is 25.6. The normalized spacial score (nSPS) is 12.5. The largest absolute Gasteiger partial charge is 0.350 e. The fourth-order valence-corrected chi connectivity index (χ4v) is 5.68. The summed E-state index contributed by atoms with van der Waals surface area (Å²) in [5, 5.41) is 2.94. The number of carbonyl (C=O) groups is 2. The molecule has 0 aromatic heterocycles. The Labute approximate surface area is 240 Å². The van der Waals surface area contributed by atoms with Crippen LogP contribution in [-0.4, -0.2) is 43.3 Å². The van der Waals surface area contributed by atoms with Gasteiger partial charge in [0.25, 0.3) is 10.0 Å². The molecule has 1 atom stereocenters. The van der Waals surface area contributed by atoms with Crippen molar-refractivity contribution in [2.24, 2.45) is 0 Å². The lowest BCUT2D eigenvalue weighted by Gasteiger charge is -2.33. The Balaban J connectivity index is 2.04. The number of rotatable bonds is 9. The van der Waals surface area contributed by atoms with E-state index < -0.39 is 34.1 Å². The molecular weight excluding hydrogens is 578 g/mol. The van der Waals surface area contributed by atoms with Crippen LogP contribution in [0.3, 0.4) is 0 Å². The summed E-state index contributed by atoms with van der Waals surface area (Å²) in [6.45, 7) is 10.8. The molecule has 3 rings (SSSR count). The molecular formula is C30H36BrN3O4S. The SMILES string of the molecule is Cc1ccc(S(=O)(=O)N(CC(=O)N(Cc2ccccc2C)[C@@H](C)C(=O)NC(C)(C)C)c2ccc(Br)cc2)cc1. The summed E-state index contributed by atoms with van der Waals surface area (Å²) in [7, 11) is -4.10. The predicted octanol–water partition coefficient (Wildman–Crippen LogP) is 5.59. The molecule has 1 N–H and O–H groups in total. The Morgan fingerprint density at radius 2 is 1.51 bits per heavy atom. The summed E-state index contributed by atoms with van der Waals surface area (Å²) in [5.41, 5.74) is 2.60. The van der Waals surface area contributed by atoms with E-state index in [2.05, 4.69) is 21.2 Å². The van der Waals surface area contributed by atoms with Crippen LogP contribution in [0.5, 0.6) is 0 Å². The highest BCUT2D eigenvalue weighted by atomic mass is 79.9. The fourth-order valence-electron chi connectivity index (χ4n) is 4.00. The molecule has 0 radical (unpaired) electrons. The molecule has 0 aliphatic rings. The van der Waals surface area contributed by atoms with Gasteiger partial charge in [0.1, 0.15) is 12.6 Å². The number of hydrogen-bond acceptors (Lipinski definition) is 4. The van der Waals surface area contributed by atoms with E-state index in [1.54, 1.807) is 43.3 Å². The maximum atomic E-state index is 14.0. The van der Waals surface area contributed by atoms with Gasteiger partial charge >= 0.3 is 0 Å². The smallest absolute Gasteiger partial charge is 0.264 e. The standard InChI is InChI=1S/C30H36BrN3O4S/c1-21-11-17-27(18-12-21)39(37,38)34(26-15-13-25(31)14-16-26)20-28(35)33(19-24-10-8-7-9-22(24)2)23(3)29(36)32-30(4,5)6/h7-18,23H,19-20H2,1-6H3,(H,32,36)/t23-/m0/s1. The number of amides is 2. The van der Waals surface area contributed by atoms with E-state index in [1.807, 2.05) is 58.9 Å². The summed E-state index contributed by atoms with van der Waals surface area (Å²) in [5.74, 6) is -0.811. The minimum Gasteiger partial charge on any atom is -0.350 e. The van der Waals surface area contributed by atoms with Gasteiger partial charge < -0.3 is 10.2 Å². The molecule has 0 unspecified atom stereocenters. The highest BCUT2D eigenvalue weighted by Crippen LogP contribution is 2.26. The predicted molar refractivity (Wildman–Crippen MR) is 159 cm³/mol. The molecule has 0 saturated carbocycles. The second-order valence-electron chi connectivity index (χ2n) is 10.7. The lowest BCUT2D eigenvalue weighted by Crippen LogP contribution is -2.54. The molecule has 0 heterocycles. The quantitative estimate of drug-likeness (QED) is 0.341. The van der Waals surface area contributed by atoms with Gasteiger partial charge in [0.15, 0.2) is 0 Å². The van der Waals surface area contributed by atoms with E-state index in [4.69, 9.17) is 0 Å². The summed E-state index contributed by atoms with van der Waals surface area (Å²) in [4.78, 5) is 28.7. The van der Waals surface area contributed by atoms with Gasteiger partial charge in [-0.05, 0) is 89.1 Å². The van der Waals surface area contributed by atoms with Crippen molar-refractivity contribution in [3.63, 3.8) is 0 Å². The number of nitrogens with one attached hydrogen (secondary N) is 1. The lowest BCUT2D eigenvalue weighted by atomic mass is 10.1. The number of sulfonamides is 1. The minimum absolute atomic E-state index is 0.0767. The molecule has 7 nitrogen and oxygen atoms in total. The molecule has 0 fully saturated rings. The van der Waals surface area contributed by atoms with Crippen molar-refractivity contribution in [2.75, 3.05) is 10.8 Å². The van der Waals surface area contributed by atoms with Gasteiger partial charge in [0.2, 0.25) is 11.8 Å². The van der Waals surface area contributed by atoms with Crippen LogP contribution in [0.15, 0.2) is 82.2 Å². The Morgan fingerprint density at radius 3 is 2.08 bits per heavy atom. The lowest BCUT2D eigenvalue weighted by molar-refractivity contribution is -0.140. The first-order chi connectivity index (χ1) is 18.2. The van der Waals surface area contributed by atoms with Crippen LogP contribution < -0.4 is 9.62 Å². The molecule has 0 aliphatic carbocycles. The third-order valence-electron chi connectivity index (χ3n) is 6.27. The van der Waals surface area contributed by atoms with Crippen molar-refractivity contribution in [2.45, 2.75) is 64.6 Å². The number of benzene rings is 3. The van der Waals surface area contributed by atoms with Crippen molar-refractivity contribution in [1.29, 1.82) is 0 Å². The third-order valence-corrected chi connectivity index (χ3v) is 8.59. The van der Waals surface area contributed by atoms with Gasteiger partial charge in [-0.1, -0.05) is 57.9 Å². The number of halogens is 1. The second-order valence-corrected chi connectivity index (χ2v) is 13.4. The number of nitrogens with zero attached hydrogens (tertiary/aromatic N) is 2. The van der Waals surface area contributed by atoms with Crippen LogP contribution in [-0.2, 0) is 26.2 Å². The topological polar surface area (TPSA) is 86.8 Å². The zero-order valence-electron chi connectivity index (χ0n) is 23.2. The van der Waals surface area contributed by atoms with Gasteiger partial charge in [-0.25, -0.2) is 8.42 Å². The van der Waals surface area contributed by atoms with Crippen LogP contribution in [0.25, 0.3) is 0 Å². The number of anilines is 1. The van der Waals surface area contributed by atoms with Gasteiger partial charge in [-0.3, -0.25) is 13.9 Å². The highest BCUT2D eigenvalue weighted by molar-refractivity contribution is 9.10. The average Bonchev–Trinajstić information content (AvgIpc) is 2.86. The van der Waals surface area contributed by atoms with Gasteiger partial charge in [-0.2, -0.15) is 0 Å². The summed E-state index contributed by atoms with van der Waals surface area (Å²) < 4.78 is 29.6. The second kappa shape index (κ2) is 12.3. The molecule has 9 heteroatoms. The van der Waals surface area contributed by atoms with E-state index in [0.717, 1.165) is 25.5 Å². The van der Waals surface area contributed by atoms with Crippen molar-refractivity contribution >= 4 is 43.5 Å². The van der Waals surface area contributed by atoms with E-state index in [0.29, 0.717) is 5.69 Å². The van der Waals surface area contributed by atoms with Gasteiger partial charge in [0.05, 0.1) is 10.6 Å². The monoisotopic (exact) mass is 613 g/mol. The molecule has 2 amide bonds. The zero-order chi connectivity index (χ0) is 29.0. The highest BCUT2D eigenvalue weighted by Gasteiger charge is 2.33. The summed E-state index contributed by atoms with van der Waals surface area (Å²) >= 11 is 3.39. The average molecular weight is 615 g/mol. The van der Waals surface area contributed by atoms with Crippen LogP contribution in [0.4, 0.5) is 5.69 Å². The third kappa shape index (κ3) is 7.92. The van der Waals surface area contributed by atoms with E-state index in [1.165, 1.54) is 17.0 Å². The molecule has 39 heavy (non-hydrogen) atoms. The summed E-state index contributed by atoms with van der Waals surface area (Å²) in [6.07, 6.45) is 0.